The van der Waals surface area contributed by atoms with E-state index >= 15 is 0 Å². The zero-order valence-electron chi connectivity index (χ0n) is 14.6. The minimum atomic E-state index is -3.59. The van der Waals surface area contributed by atoms with Crippen LogP contribution in [-0.4, -0.2) is 27.5 Å². The van der Waals surface area contributed by atoms with Crippen molar-refractivity contribution in [2.75, 3.05) is 17.5 Å². The van der Waals surface area contributed by atoms with E-state index in [1.165, 1.54) is 4.31 Å². The molecular weight excluding hydrogens is 350 g/mol. The lowest BCUT2D eigenvalue weighted by molar-refractivity contribution is -0.138. The van der Waals surface area contributed by atoms with Crippen molar-refractivity contribution in [2.45, 2.75) is 19.1 Å². The van der Waals surface area contributed by atoms with Crippen LogP contribution in [0.4, 0.5) is 5.69 Å². The maximum absolute atomic E-state index is 13.1. The first-order chi connectivity index (χ1) is 12.5. The van der Waals surface area contributed by atoms with Crippen molar-refractivity contribution in [3.8, 4) is 0 Å². The smallest absolute Gasteiger partial charge is 0.334 e. The highest BCUT2D eigenvalue weighted by Crippen LogP contribution is 2.31. The number of benzene rings is 2. The fraction of sp³-hybridized carbons (Fsp3) is 0.250. The van der Waals surface area contributed by atoms with E-state index in [1.54, 1.807) is 37.3 Å². The molecule has 0 fully saturated rings. The highest BCUT2D eigenvalue weighted by molar-refractivity contribution is 7.92. The molecule has 0 unspecified atom stereocenters. The summed E-state index contributed by atoms with van der Waals surface area (Å²) in [6, 6.07) is 16.3. The number of carbonyl (C=O) groups is 1. The minimum absolute atomic E-state index is 0.0864. The quantitative estimate of drug-likeness (QED) is 0.756. The molecular formula is C20H21NO4S. The highest BCUT2D eigenvalue weighted by atomic mass is 32.2. The van der Waals surface area contributed by atoms with E-state index in [-0.39, 0.29) is 18.9 Å². The zero-order valence-corrected chi connectivity index (χ0v) is 15.4. The number of fused-ring (bicyclic) bond motifs is 1. The lowest BCUT2D eigenvalue weighted by Crippen LogP contribution is -2.33. The second-order valence-corrected chi connectivity index (χ2v) is 7.91. The summed E-state index contributed by atoms with van der Waals surface area (Å²) in [5, 5.41) is 0. The van der Waals surface area contributed by atoms with Crippen molar-refractivity contribution in [1.29, 1.82) is 0 Å². The van der Waals surface area contributed by atoms with Crippen molar-refractivity contribution >= 4 is 27.8 Å². The molecule has 1 aliphatic heterocycles. The van der Waals surface area contributed by atoms with E-state index in [9.17, 15) is 13.2 Å². The van der Waals surface area contributed by atoms with Crippen LogP contribution in [0.2, 0.25) is 0 Å². The Hall–Kier alpha value is -2.60. The Labute approximate surface area is 154 Å². The van der Waals surface area contributed by atoms with Crippen molar-refractivity contribution in [3.05, 3.63) is 71.3 Å². The molecule has 0 saturated carbocycles. The van der Waals surface area contributed by atoms with Gasteiger partial charge in [0.2, 0.25) is 10.0 Å². The van der Waals surface area contributed by atoms with E-state index in [1.807, 2.05) is 30.3 Å². The fourth-order valence-corrected chi connectivity index (χ4v) is 4.58. The molecule has 0 spiro atoms. The standard InChI is InChI=1S/C20H21NO4S/c1-2-25-20(22)18-12-13-21(19-11-7-6-10-17(19)14-18)26(23,24)15-16-8-4-3-5-9-16/h3-11,14H,2,12-13,15H2,1H3. The van der Waals surface area contributed by atoms with Crippen LogP contribution in [0.1, 0.15) is 24.5 Å². The Balaban J connectivity index is 1.95. The number of nitrogens with zero attached hydrogens (tertiary/aromatic N) is 1. The summed E-state index contributed by atoms with van der Waals surface area (Å²) < 4.78 is 32.6. The van der Waals surface area contributed by atoms with E-state index in [4.69, 9.17) is 4.74 Å². The SMILES string of the molecule is CCOC(=O)C1=Cc2ccccc2N(S(=O)(=O)Cc2ccccc2)CC1. The van der Waals surface area contributed by atoms with Crippen LogP contribution in [0.5, 0.6) is 0 Å². The highest BCUT2D eigenvalue weighted by Gasteiger charge is 2.28. The topological polar surface area (TPSA) is 63.7 Å². The summed E-state index contributed by atoms with van der Waals surface area (Å²) >= 11 is 0. The van der Waals surface area contributed by atoms with Gasteiger partial charge in [0, 0.05) is 12.1 Å². The molecule has 26 heavy (non-hydrogen) atoms. The van der Waals surface area contributed by atoms with Gasteiger partial charge in [-0.2, -0.15) is 0 Å². The summed E-state index contributed by atoms with van der Waals surface area (Å²) in [5.74, 6) is -0.485. The third-order valence-electron chi connectivity index (χ3n) is 4.18. The van der Waals surface area contributed by atoms with Gasteiger partial charge in [-0.05, 0) is 36.6 Å². The summed E-state index contributed by atoms with van der Waals surface area (Å²) in [6.07, 6.45) is 2.03. The third-order valence-corrected chi connectivity index (χ3v) is 5.93. The molecule has 136 valence electrons. The number of hydrogen-bond acceptors (Lipinski definition) is 4. The first-order valence-electron chi connectivity index (χ1n) is 8.52. The minimum Gasteiger partial charge on any atom is -0.463 e. The van der Waals surface area contributed by atoms with Crippen LogP contribution < -0.4 is 4.31 Å². The Bertz CT molecular complexity index is 920. The van der Waals surface area contributed by atoms with Gasteiger partial charge in [0.05, 0.1) is 18.0 Å². The van der Waals surface area contributed by atoms with Crippen molar-refractivity contribution in [1.82, 2.24) is 0 Å². The maximum atomic E-state index is 13.1. The maximum Gasteiger partial charge on any atom is 0.334 e. The van der Waals surface area contributed by atoms with Gasteiger partial charge in [0.1, 0.15) is 0 Å². The molecule has 0 radical (unpaired) electrons. The second-order valence-electron chi connectivity index (χ2n) is 6.01. The van der Waals surface area contributed by atoms with E-state index in [2.05, 4.69) is 0 Å². The summed E-state index contributed by atoms with van der Waals surface area (Å²) in [7, 11) is -3.59. The number of carbonyl (C=O) groups excluding carboxylic acids is 1. The molecule has 1 heterocycles. The van der Waals surface area contributed by atoms with Crippen LogP contribution in [0.15, 0.2) is 60.2 Å². The average Bonchev–Trinajstić information content (AvgIpc) is 2.82. The van der Waals surface area contributed by atoms with Crippen LogP contribution >= 0.6 is 0 Å². The number of sulfonamides is 1. The number of para-hydroxylation sites is 1. The molecule has 1 aliphatic rings. The van der Waals surface area contributed by atoms with Gasteiger partial charge in [0.15, 0.2) is 0 Å². The Morgan fingerprint density at radius 2 is 1.77 bits per heavy atom. The van der Waals surface area contributed by atoms with Crippen LogP contribution in [0.25, 0.3) is 6.08 Å². The predicted octanol–water partition coefficient (Wildman–Crippen LogP) is 3.37. The molecule has 2 aromatic carbocycles. The van der Waals surface area contributed by atoms with E-state index in [0.29, 0.717) is 23.2 Å². The average molecular weight is 371 g/mol. The van der Waals surface area contributed by atoms with Gasteiger partial charge in [-0.15, -0.1) is 0 Å². The van der Waals surface area contributed by atoms with Gasteiger partial charge >= 0.3 is 5.97 Å². The molecule has 2 aromatic rings. The lowest BCUT2D eigenvalue weighted by Gasteiger charge is -2.24. The van der Waals surface area contributed by atoms with Gasteiger partial charge < -0.3 is 4.74 Å². The summed E-state index contributed by atoms with van der Waals surface area (Å²) in [6.45, 7) is 2.24. The van der Waals surface area contributed by atoms with Crippen LogP contribution in [0.3, 0.4) is 0 Å². The summed E-state index contributed by atoms with van der Waals surface area (Å²) in [5.41, 5.74) is 2.50. The lowest BCUT2D eigenvalue weighted by atomic mass is 10.1. The second kappa shape index (κ2) is 7.74. The van der Waals surface area contributed by atoms with Crippen molar-refractivity contribution in [3.63, 3.8) is 0 Å². The van der Waals surface area contributed by atoms with Gasteiger partial charge in [-0.25, -0.2) is 13.2 Å². The van der Waals surface area contributed by atoms with Crippen LogP contribution in [0, 0.1) is 0 Å². The molecule has 3 rings (SSSR count). The first-order valence-corrected chi connectivity index (χ1v) is 10.1. The number of anilines is 1. The van der Waals surface area contributed by atoms with E-state index in [0.717, 1.165) is 5.56 Å². The van der Waals surface area contributed by atoms with Crippen molar-refractivity contribution < 1.29 is 17.9 Å². The molecule has 0 saturated heterocycles. The van der Waals surface area contributed by atoms with Crippen molar-refractivity contribution in [2.24, 2.45) is 0 Å². The Morgan fingerprint density at radius 1 is 1.08 bits per heavy atom. The van der Waals surface area contributed by atoms with Crippen LogP contribution in [-0.2, 0) is 25.3 Å². The predicted molar refractivity (Wildman–Crippen MR) is 102 cm³/mol. The summed E-state index contributed by atoms with van der Waals surface area (Å²) in [4.78, 5) is 12.1. The Kier molecular flexibility index (Phi) is 5.42. The largest absolute Gasteiger partial charge is 0.463 e. The number of hydrogen-bond donors (Lipinski definition) is 0. The molecule has 0 N–H and O–H groups in total. The molecule has 0 aromatic heterocycles. The molecule has 5 nitrogen and oxygen atoms in total. The first kappa shape index (κ1) is 18.2. The number of rotatable bonds is 5. The fourth-order valence-electron chi connectivity index (χ4n) is 2.98. The Morgan fingerprint density at radius 3 is 2.50 bits per heavy atom. The molecule has 0 bridgehead atoms. The number of ether oxygens (including phenoxy) is 1. The molecule has 0 atom stereocenters. The zero-order chi connectivity index (χ0) is 18.6. The monoisotopic (exact) mass is 371 g/mol. The molecule has 6 heteroatoms. The van der Waals surface area contributed by atoms with Gasteiger partial charge in [-0.1, -0.05) is 48.5 Å². The van der Waals surface area contributed by atoms with E-state index < -0.39 is 16.0 Å². The third kappa shape index (κ3) is 3.96. The normalized spacial score (nSPS) is 14.2. The van der Waals surface area contributed by atoms with Gasteiger partial charge in [-0.3, -0.25) is 4.31 Å². The van der Waals surface area contributed by atoms with Gasteiger partial charge in [0.25, 0.3) is 0 Å². The molecule has 0 amide bonds. The number of esters is 1. The molecule has 0 aliphatic carbocycles.